The molecule has 1 saturated heterocycles. The predicted octanol–water partition coefficient (Wildman–Crippen LogP) is 1.35. The molecule has 0 spiro atoms. The molecule has 1 aliphatic carbocycles. The maximum atomic E-state index is 11.8. The van der Waals surface area contributed by atoms with Crippen molar-refractivity contribution in [2.24, 2.45) is 11.8 Å². The maximum absolute atomic E-state index is 11.8. The molecule has 3 heteroatoms. The summed E-state index contributed by atoms with van der Waals surface area (Å²) in [5, 5.41) is 0. The van der Waals surface area contributed by atoms with Crippen LogP contribution in [0.2, 0.25) is 0 Å². The summed E-state index contributed by atoms with van der Waals surface area (Å²) in [6, 6.07) is 0. The van der Waals surface area contributed by atoms with E-state index in [1.807, 2.05) is 0 Å². The fourth-order valence-corrected chi connectivity index (χ4v) is 2.54. The minimum atomic E-state index is -0.0174. The van der Waals surface area contributed by atoms with Crippen molar-refractivity contribution in [2.75, 3.05) is 6.54 Å². The van der Waals surface area contributed by atoms with E-state index < -0.39 is 0 Å². The highest BCUT2D eigenvalue weighted by atomic mass is 16.2. The number of carbonyl (C=O) groups is 2. The van der Waals surface area contributed by atoms with Crippen LogP contribution >= 0.6 is 0 Å². The molecule has 2 fully saturated rings. The number of carbonyl (C=O) groups excluding carboxylic acids is 2. The van der Waals surface area contributed by atoms with Crippen LogP contribution < -0.4 is 0 Å². The lowest BCUT2D eigenvalue weighted by molar-refractivity contribution is -0.139. The van der Waals surface area contributed by atoms with Crippen molar-refractivity contribution in [1.29, 1.82) is 0 Å². The Balaban J connectivity index is 2.19. The smallest absolute Gasteiger partial charge is 0.233 e. The van der Waals surface area contributed by atoms with Crippen LogP contribution in [0, 0.1) is 11.8 Å². The van der Waals surface area contributed by atoms with Crippen LogP contribution in [-0.4, -0.2) is 23.3 Å². The predicted molar refractivity (Wildman–Crippen MR) is 52.4 cm³/mol. The van der Waals surface area contributed by atoms with Crippen molar-refractivity contribution in [3.8, 4) is 0 Å². The van der Waals surface area contributed by atoms with Gasteiger partial charge in [-0.2, -0.15) is 0 Å². The molecule has 0 aromatic rings. The highest BCUT2D eigenvalue weighted by Gasteiger charge is 2.47. The molecular weight excluding hydrogens is 178 g/mol. The van der Waals surface area contributed by atoms with Gasteiger partial charge < -0.3 is 0 Å². The number of amides is 2. The number of imide groups is 1. The Hall–Kier alpha value is -1.12. The molecule has 0 N–H and O–H groups in total. The van der Waals surface area contributed by atoms with Crippen molar-refractivity contribution in [1.82, 2.24) is 4.90 Å². The molecule has 0 aromatic heterocycles. The first-order valence-electron chi connectivity index (χ1n) is 5.22. The van der Waals surface area contributed by atoms with Crippen molar-refractivity contribution in [3.05, 3.63) is 12.7 Å². The number of hydrogen-bond donors (Lipinski definition) is 0. The van der Waals surface area contributed by atoms with E-state index in [-0.39, 0.29) is 23.7 Å². The Kier molecular flexibility index (Phi) is 2.40. The van der Waals surface area contributed by atoms with Gasteiger partial charge in [-0.3, -0.25) is 14.5 Å². The zero-order chi connectivity index (χ0) is 10.1. The molecule has 1 aliphatic heterocycles. The largest absolute Gasteiger partial charge is 0.278 e. The standard InChI is InChI=1S/C11H15NO2/c1-2-7-12-10(13)8-5-3-4-6-9(8)11(12)14/h2,8-9H,1,3-7H2. The van der Waals surface area contributed by atoms with Crippen LogP contribution in [0.15, 0.2) is 12.7 Å². The van der Waals surface area contributed by atoms with Gasteiger partial charge in [0.1, 0.15) is 0 Å². The number of hydrogen-bond acceptors (Lipinski definition) is 2. The van der Waals surface area contributed by atoms with Crippen LogP contribution in [0.5, 0.6) is 0 Å². The van der Waals surface area contributed by atoms with Gasteiger partial charge in [-0.15, -0.1) is 6.58 Å². The SMILES string of the molecule is C=CCN1C(=O)C2CCCCC2C1=O. The molecule has 0 bridgehead atoms. The van der Waals surface area contributed by atoms with E-state index in [0.717, 1.165) is 25.7 Å². The molecule has 1 heterocycles. The lowest BCUT2D eigenvalue weighted by Gasteiger charge is -2.19. The van der Waals surface area contributed by atoms with E-state index in [0.29, 0.717) is 6.54 Å². The molecule has 2 amide bonds. The first-order valence-corrected chi connectivity index (χ1v) is 5.22. The third-order valence-corrected chi connectivity index (χ3v) is 3.24. The monoisotopic (exact) mass is 193 g/mol. The van der Waals surface area contributed by atoms with Crippen LogP contribution in [0.4, 0.5) is 0 Å². The zero-order valence-electron chi connectivity index (χ0n) is 8.24. The van der Waals surface area contributed by atoms with Crippen molar-refractivity contribution < 1.29 is 9.59 Å². The van der Waals surface area contributed by atoms with Crippen molar-refractivity contribution >= 4 is 11.8 Å². The maximum Gasteiger partial charge on any atom is 0.233 e. The lowest BCUT2D eigenvalue weighted by Crippen LogP contribution is -2.31. The van der Waals surface area contributed by atoms with Crippen molar-refractivity contribution in [3.63, 3.8) is 0 Å². The van der Waals surface area contributed by atoms with Gasteiger partial charge >= 0.3 is 0 Å². The average molecular weight is 193 g/mol. The minimum absolute atomic E-state index is 0.0174. The van der Waals surface area contributed by atoms with Gasteiger partial charge in [0.25, 0.3) is 0 Å². The van der Waals surface area contributed by atoms with Gasteiger partial charge in [-0.1, -0.05) is 18.9 Å². The molecule has 0 radical (unpaired) electrons. The second-order valence-corrected chi connectivity index (χ2v) is 4.07. The molecule has 2 atom stereocenters. The second kappa shape index (κ2) is 3.56. The average Bonchev–Trinajstić information content (AvgIpc) is 2.45. The zero-order valence-corrected chi connectivity index (χ0v) is 8.24. The normalized spacial score (nSPS) is 31.9. The van der Waals surface area contributed by atoms with E-state index in [4.69, 9.17) is 0 Å². The summed E-state index contributed by atoms with van der Waals surface area (Å²) < 4.78 is 0. The van der Waals surface area contributed by atoms with E-state index >= 15 is 0 Å². The first kappa shape index (κ1) is 9.44. The third-order valence-electron chi connectivity index (χ3n) is 3.24. The Bertz CT molecular complexity index is 261. The molecule has 2 aliphatic rings. The Labute approximate surface area is 83.8 Å². The highest BCUT2D eigenvalue weighted by molar-refractivity contribution is 6.05. The summed E-state index contributed by atoms with van der Waals surface area (Å²) in [5.74, 6) is 0.0200. The van der Waals surface area contributed by atoms with Gasteiger partial charge in [-0.05, 0) is 12.8 Å². The van der Waals surface area contributed by atoms with Crippen LogP contribution in [-0.2, 0) is 9.59 Å². The van der Waals surface area contributed by atoms with E-state index in [1.165, 1.54) is 4.90 Å². The molecule has 3 nitrogen and oxygen atoms in total. The summed E-state index contributed by atoms with van der Waals surface area (Å²) in [4.78, 5) is 25.0. The second-order valence-electron chi connectivity index (χ2n) is 4.07. The number of fused-ring (bicyclic) bond motifs is 1. The number of rotatable bonds is 2. The molecule has 76 valence electrons. The van der Waals surface area contributed by atoms with Gasteiger partial charge in [-0.25, -0.2) is 0 Å². The first-order chi connectivity index (χ1) is 6.75. The Morgan fingerprint density at radius 3 is 2.14 bits per heavy atom. The molecule has 2 rings (SSSR count). The minimum Gasteiger partial charge on any atom is -0.278 e. The van der Waals surface area contributed by atoms with Gasteiger partial charge in [0.15, 0.2) is 0 Å². The highest BCUT2D eigenvalue weighted by Crippen LogP contribution is 2.37. The van der Waals surface area contributed by atoms with E-state index in [2.05, 4.69) is 6.58 Å². The number of nitrogens with zero attached hydrogens (tertiary/aromatic N) is 1. The van der Waals surface area contributed by atoms with E-state index in [9.17, 15) is 9.59 Å². The van der Waals surface area contributed by atoms with Crippen LogP contribution in [0.3, 0.4) is 0 Å². The lowest BCUT2D eigenvalue weighted by atomic mass is 9.81. The summed E-state index contributed by atoms with van der Waals surface area (Å²) in [7, 11) is 0. The fourth-order valence-electron chi connectivity index (χ4n) is 2.54. The Morgan fingerprint density at radius 1 is 1.21 bits per heavy atom. The third kappa shape index (κ3) is 1.27. The van der Waals surface area contributed by atoms with Crippen LogP contribution in [0.1, 0.15) is 25.7 Å². The summed E-state index contributed by atoms with van der Waals surface area (Å²) >= 11 is 0. The quantitative estimate of drug-likeness (QED) is 0.490. The fraction of sp³-hybridized carbons (Fsp3) is 0.636. The van der Waals surface area contributed by atoms with Gasteiger partial charge in [0.05, 0.1) is 11.8 Å². The molecule has 2 unspecified atom stereocenters. The van der Waals surface area contributed by atoms with E-state index in [1.54, 1.807) is 6.08 Å². The molecule has 0 aromatic carbocycles. The van der Waals surface area contributed by atoms with Gasteiger partial charge in [0.2, 0.25) is 11.8 Å². The summed E-state index contributed by atoms with van der Waals surface area (Å²) in [6.45, 7) is 3.94. The van der Waals surface area contributed by atoms with Crippen molar-refractivity contribution in [2.45, 2.75) is 25.7 Å². The summed E-state index contributed by atoms with van der Waals surface area (Å²) in [5.41, 5.74) is 0. The van der Waals surface area contributed by atoms with Crippen LogP contribution in [0.25, 0.3) is 0 Å². The molecule has 14 heavy (non-hydrogen) atoms. The number of likely N-dealkylation sites (tertiary alicyclic amines) is 1. The summed E-state index contributed by atoms with van der Waals surface area (Å²) in [6.07, 6.45) is 5.57. The molecular formula is C11H15NO2. The Morgan fingerprint density at radius 2 is 1.71 bits per heavy atom. The molecule has 1 saturated carbocycles. The van der Waals surface area contributed by atoms with Gasteiger partial charge in [0, 0.05) is 6.54 Å². The topological polar surface area (TPSA) is 37.4 Å².